The molecule has 1 N–H and O–H groups in total. The maximum absolute atomic E-state index is 9.91. The summed E-state index contributed by atoms with van der Waals surface area (Å²) >= 11 is 5.15. The SMILES string of the molecule is COCC(C)OCC(O)CN(C)Cc1cc(Br)cs1. The lowest BCUT2D eigenvalue weighted by Crippen LogP contribution is -2.33. The Hall–Kier alpha value is 0.0200. The van der Waals surface area contributed by atoms with Crippen LogP contribution < -0.4 is 0 Å². The number of likely N-dealkylation sites (N-methyl/N-ethyl adjacent to an activating group) is 1. The van der Waals surface area contributed by atoms with Gasteiger partial charge in [-0.25, -0.2) is 0 Å². The largest absolute Gasteiger partial charge is 0.389 e. The Morgan fingerprint density at radius 3 is 2.79 bits per heavy atom. The Balaban J connectivity index is 2.22. The van der Waals surface area contributed by atoms with Crippen molar-refractivity contribution in [2.24, 2.45) is 0 Å². The fourth-order valence-electron chi connectivity index (χ4n) is 1.74. The van der Waals surface area contributed by atoms with Crippen LogP contribution in [-0.4, -0.2) is 56.1 Å². The molecule has 0 saturated carbocycles. The molecule has 0 aliphatic rings. The van der Waals surface area contributed by atoms with Crippen molar-refractivity contribution in [3.63, 3.8) is 0 Å². The summed E-state index contributed by atoms with van der Waals surface area (Å²) in [7, 11) is 3.64. The summed E-state index contributed by atoms with van der Waals surface area (Å²) in [5.74, 6) is 0. The first-order valence-corrected chi connectivity index (χ1v) is 7.88. The van der Waals surface area contributed by atoms with Crippen molar-refractivity contribution in [2.75, 3.05) is 33.9 Å². The van der Waals surface area contributed by atoms with Crippen LogP contribution >= 0.6 is 27.3 Å². The highest BCUT2D eigenvalue weighted by molar-refractivity contribution is 9.10. The molecule has 0 saturated heterocycles. The Bertz CT molecular complexity index is 361. The van der Waals surface area contributed by atoms with E-state index in [1.165, 1.54) is 4.88 Å². The molecule has 110 valence electrons. The molecule has 4 nitrogen and oxygen atoms in total. The van der Waals surface area contributed by atoms with Gasteiger partial charge in [0, 0.05) is 34.9 Å². The van der Waals surface area contributed by atoms with Crippen LogP contribution in [0.3, 0.4) is 0 Å². The van der Waals surface area contributed by atoms with E-state index in [9.17, 15) is 5.11 Å². The molecular formula is C13H22BrNO3S. The number of hydrogen-bond acceptors (Lipinski definition) is 5. The zero-order chi connectivity index (χ0) is 14.3. The van der Waals surface area contributed by atoms with Gasteiger partial charge in [0.15, 0.2) is 0 Å². The van der Waals surface area contributed by atoms with Gasteiger partial charge in [0.2, 0.25) is 0 Å². The molecule has 2 atom stereocenters. The zero-order valence-electron chi connectivity index (χ0n) is 11.6. The lowest BCUT2D eigenvalue weighted by Gasteiger charge is -2.21. The topological polar surface area (TPSA) is 41.9 Å². The molecule has 0 amide bonds. The number of ether oxygens (including phenoxy) is 2. The van der Waals surface area contributed by atoms with Gasteiger partial charge in [-0.2, -0.15) is 0 Å². The summed E-state index contributed by atoms with van der Waals surface area (Å²) in [4.78, 5) is 3.36. The highest BCUT2D eigenvalue weighted by Gasteiger charge is 2.11. The Kier molecular flexibility index (Phi) is 8.13. The smallest absolute Gasteiger partial charge is 0.0900 e. The highest BCUT2D eigenvalue weighted by atomic mass is 79.9. The van der Waals surface area contributed by atoms with Crippen LogP contribution in [0.15, 0.2) is 15.9 Å². The predicted molar refractivity (Wildman–Crippen MR) is 81.6 cm³/mol. The van der Waals surface area contributed by atoms with Gasteiger partial charge < -0.3 is 14.6 Å². The first-order chi connectivity index (χ1) is 9.01. The molecular weight excluding hydrogens is 330 g/mol. The summed E-state index contributed by atoms with van der Waals surface area (Å²) in [6, 6.07) is 2.10. The van der Waals surface area contributed by atoms with Crippen LogP contribution in [0.25, 0.3) is 0 Å². The third-order valence-corrected chi connectivity index (χ3v) is 4.23. The van der Waals surface area contributed by atoms with E-state index in [4.69, 9.17) is 9.47 Å². The molecule has 19 heavy (non-hydrogen) atoms. The fraction of sp³-hybridized carbons (Fsp3) is 0.692. The third-order valence-electron chi connectivity index (χ3n) is 2.54. The number of thiophene rings is 1. The first-order valence-electron chi connectivity index (χ1n) is 6.21. The van der Waals surface area contributed by atoms with E-state index >= 15 is 0 Å². The van der Waals surface area contributed by atoms with E-state index in [-0.39, 0.29) is 6.10 Å². The fourth-order valence-corrected chi connectivity index (χ4v) is 3.27. The van der Waals surface area contributed by atoms with E-state index in [1.54, 1.807) is 18.4 Å². The van der Waals surface area contributed by atoms with Crippen molar-refractivity contribution < 1.29 is 14.6 Å². The van der Waals surface area contributed by atoms with E-state index in [1.807, 2.05) is 14.0 Å². The van der Waals surface area contributed by atoms with Crippen LogP contribution in [0.1, 0.15) is 11.8 Å². The predicted octanol–water partition coefficient (Wildman–Crippen LogP) is 2.35. The zero-order valence-corrected chi connectivity index (χ0v) is 14.0. The van der Waals surface area contributed by atoms with E-state index < -0.39 is 6.10 Å². The average molecular weight is 352 g/mol. The number of aliphatic hydroxyl groups is 1. The minimum absolute atomic E-state index is 0.0122. The maximum atomic E-state index is 9.91. The maximum Gasteiger partial charge on any atom is 0.0900 e. The third kappa shape index (κ3) is 7.39. The van der Waals surface area contributed by atoms with Crippen molar-refractivity contribution in [1.29, 1.82) is 0 Å². The second-order valence-electron chi connectivity index (χ2n) is 4.68. The number of halogens is 1. The van der Waals surface area contributed by atoms with Crippen LogP contribution in [0.4, 0.5) is 0 Å². The molecule has 2 unspecified atom stereocenters. The normalized spacial score (nSPS) is 14.8. The molecule has 0 fully saturated rings. The van der Waals surface area contributed by atoms with E-state index in [0.717, 1.165) is 11.0 Å². The van der Waals surface area contributed by atoms with E-state index in [0.29, 0.717) is 19.8 Å². The molecule has 0 aliphatic heterocycles. The number of aliphatic hydroxyl groups excluding tert-OH is 1. The number of hydrogen-bond donors (Lipinski definition) is 1. The molecule has 1 heterocycles. The van der Waals surface area contributed by atoms with Gasteiger partial charge in [-0.15, -0.1) is 11.3 Å². The molecule has 1 aromatic heterocycles. The molecule has 0 aromatic carbocycles. The molecule has 0 bridgehead atoms. The van der Waals surface area contributed by atoms with Crippen molar-refractivity contribution >= 4 is 27.3 Å². The summed E-state index contributed by atoms with van der Waals surface area (Å²) in [6.07, 6.45) is -0.467. The summed E-state index contributed by atoms with van der Waals surface area (Å²) in [5, 5.41) is 12.0. The highest BCUT2D eigenvalue weighted by Crippen LogP contribution is 2.20. The molecule has 6 heteroatoms. The number of nitrogens with zero attached hydrogens (tertiary/aromatic N) is 1. The Labute approximate surface area is 127 Å². The Morgan fingerprint density at radius 2 is 2.21 bits per heavy atom. The van der Waals surface area contributed by atoms with Crippen LogP contribution in [0.5, 0.6) is 0 Å². The van der Waals surface area contributed by atoms with Crippen molar-refractivity contribution in [1.82, 2.24) is 4.90 Å². The van der Waals surface area contributed by atoms with Gasteiger partial charge in [0.1, 0.15) is 0 Å². The van der Waals surface area contributed by atoms with Gasteiger partial charge in [-0.05, 0) is 36.0 Å². The van der Waals surface area contributed by atoms with E-state index in [2.05, 4.69) is 32.3 Å². The quantitative estimate of drug-likeness (QED) is 0.741. The van der Waals surface area contributed by atoms with Gasteiger partial charge in [-0.1, -0.05) is 0 Å². The average Bonchev–Trinajstić information content (AvgIpc) is 2.72. The summed E-state index contributed by atoms with van der Waals surface area (Å²) < 4.78 is 11.6. The minimum Gasteiger partial charge on any atom is -0.389 e. The van der Waals surface area contributed by atoms with Crippen molar-refractivity contribution in [2.45, 2.75) is 25.7 Å². The molecule has 0 spiro atoms. The van der Waals surface area contributed by atoms with Gasteiger partial charge in [0.05, 0.1) is 25.4 Å². The first kappa shape index (κ1) is 17.1. The number of methoxy groups -OCH3 is 1. The van der Waals surface area contributed by atoms with Crippen LogP contribution in [-0.2, 0) is 16.0 Å². The monoisotopic (exact) mass is 351 g/mol. The molecule has 0 aliphatic carbocycles. The van der Waals surface area contributed by atoms with Crippen LogP contribution in [0, 0.1) is 0 Å². The minimum atomic E-state index is -0.479. The molecule has 0 radical (unpaired) electrons. The second kappa shape index (κ2) is 9.05. The summed E-state index contributed by atoms with van der Waals surface area (Å²) in [5.41, 5.74) is 0. The lowest BCUT2D eigenvalue weighted by atomic mass is 10.3. The molecule has 1 aromatic rings. The standard InChI is InChI=1S/C13H22BrNO3S/c1-10(7-17-3)18-8-12(16)5-15(2)6-13-4-11(14)9-19-13/h4,9-10,12,16H,5-8H2,1-3H3. The van der Waals surface area contributed by atoms with Gasteiger partial charge in [0.25, 0.3) is 0 Å². The second-order valence-corrected chi connectivity index (χ2v) is 6.59. The molecule has 1 rings (SSSR count). The lowest BCUT2D eigenvalue weighted by molar-refractivity contribution is -0.0384. The van der Waals surface area contributed by atoms with Crippen molar-refractivity contribution in [3.8, 4) is 0 Å². The Morgan fingerprint density at radius 1 is 1.47 bits per heavy atom. The van der Waals surface area contributed by atoms with Gasteiger partial charge >= 0.3 is 0 Å². The van der Waals surface area contributed by atoms with Crippen molar-refractivity contribution in [3.05, 3.63) is 20.8 Å². The van der Waals surface area contributed by atoms with Gasteiger partial charge in [-0.3, -0.25) is 4.90 Å². The summed E-state index contributed by atoms with van der Waals surface area (Å²) in [6.45, 7) is 4.24. The van der Waals surface area contributed by atoms with Crippen LogP contribution in [0.2, 0.25) is 0 Å². The number of rotatable bonds is 9.